The molecule has 0 aliphatic carbocycles. The van der Waals surface area contributed by atoms with Crippen LogP contribution in [-0.4, -0.2) is 29.7 Å². The highest BCUT2D eigenvalue weighted by atomic mass is 79.9. The van der Waals surface area contributed by atoms with Crippen molar-refractivity contribution in [2.75, 3.05) is 13.1 Å². The summed E-state index contributed by atoms with van der Waals surface area (Å²) >= 11 is 3.40. The van der Waals surface area contributed by atoms with Crippen LogP contribution in [0.25, 0.3) is 0 Å². The molecule has 1 saturated heterocycles. The summed E-state index contributed by atoms with van der Waals surface area (Å²) in [6.07, 6.45) is -0.274. The zero-order chi connectivity index (χ0) is 14.9. The highest BCUT2D eigenvalue weighted by Crippen LogP contribution is 2.30. The van der Waals surface area contributed by atoms with Crippen molar-refractivity contribution in [2.45, 2.75) is 32.3 Å². The highest BCUT2D eigenvalue weighted by Gasteiger charge is 2.34. The van der Waals surface area contributed by atoms with Crippen LogP contribution in [0.5, 0.6) is 0 Å². The van der Waals surface area contributed by atoms with Crippen molar-refractivity contribution in [3.8, 4) is 6.07 Å². The number of ether oxygens (including phenoxy) is 1. The molecule has 1 heterocycles. The molecule has 1 aromatic carbocycles. The lowest BCUT2D eigenvalue weighted by Gasteiger charge is -2.40. The Hall–Kier alpha value is -1.54. The fourth-order valence-corrected chi connectivity index (χ4v) is 2.59. The van der Waals surface area contributed by atoms with Crippen molar-refractivity contribution in [3.05, 3.63) is 33.8 Å². The van der Waals surface area contributed by atoms with E-state index in [1.54, 1.807) is 11.0 Å². The zero-order valence-electron chi connectivity index (χ0n) is 11.8. The number of hydrogen-bond acceptors (Lipinski definition) is 3. The van der Waals surface area contributed by atoms with Crippen LogP contribution in [-0.2, 0) is 4.74 Å². The number of rotatable bonds is 1. The maximum Gasteiger partial charge on any atom is 0.410 e. The summed E-state index contributed by atoms with van der Waals surface area (Å²) < 4.78 is 6.21. The van der Waals surface area contributed by atoms with Gasteiger partial charge in [0.05, 0.1) is 11.6 Å². The molecule has 0 atom stereocenters. The van der Waals surface area contributed by atoms with E-state index < -0.39 is 5.60 Å². The normalized spacial score (nSPS) is 15.4. The minimum absolute atomic E-state index is 0.270. The third-order valence-corrected chi connectivity index (χ3v) is 3.51. The third kappa shape index (κ3) is 3.51. The van der Waals surface area contributed by atoms with Crippen LogP contribution in [0.15, 0.2) is 22.7 Å². The number of amides is 1. The smallest absolute Gasteiger partial charge is 0.410 e. The van der Waals surface area contributed by atoms with E-state index in [1.165, 1.54) is 0 Å². The molecule has 0 bridgehead atoms. The monoisotopic (exact) mass is 336 g/mol. The van der Waals surface area contributed by atoms with E-state index in [0.717, 1.165) is 10.0 Å². The van der Waals surface area contributed by atoms with Gasteiger partial charge < -0.3 is 9.64 Å². The number of carbonyl (C=O) groups is 1. The average molecular weight is 337 g/mol. The van der Waals surface area contributed by atoms with Crippen LogP contribution in [0.4, 0.5) is 4.79 Å². The molecular formula is C15H17BrN2O2. The molecule has 2 rings (SSSR count). The summed E-state index contributed by atoms with van der Waals surface area (Å²) in [6, 6.07) is 7.80. The first-order chi connectivity index (χ1) is 9.28. The van der Waals surface area contributed by atoms with E-state index in [2.05, 4.69) is 22.0 Å². The number of benzene rings is 1. The van der Waals surface area contributed by atoms with Crippen molar-refractivity contribution in [2.24, 2.45) is 0 Å². The molecule has 0 radical (unpaired) electrons. The van der Waals surface area contributed by atoms with Gasteiger partial charge in [0.25, 0.3) is 0 Å². The molecule has 1 fully saturated rings. The highest BCUT2D eigenvalue weighted by molar-refractivity contribution is 9.10. The third-order valence-electron chi connectivity index (χ3n) is 3.05. The van der Waals surface area contributed by atoms with Crippen LogP contribution >= 0.6 is 15.9 Å². The molecule has 0 unspecified atom stereocenters. The fourth-order valence-electron chi connectivity index (χ4n) is 2.08. The SMILES string of the molecule is CC(C)(C)OC(=O)N1CC(c2cc(Br)cc(C#N)c2)C1. The maximum atomic E-state index is 11.8. The molecule has 0 saturated carbocycles. The molecule has 0 spiro atoms. The minimum atomic E-state index is -0.466. The summed E-state index contributed by atoms with van der Waals surface area (Å²) in [5, 5.41) is 8.97. The van der Waals surface area contributed by atoms with Crippen molar-refractivity contribution >= 4 is 22.0 Å². The van der Waals surface area contributed by atoms with Crippen LogP contribution in [0.2, 0.25) is 0 Å². The molecule has 1 amide bonds. The predicted molar refractivity (Wildman–Crippen MR) is 79.4 cm³/mol. The molecule has 4 nitrogen and oxygen atoms in total. The van der Waals surface area contributed by atoms with E-state index in [9.17, 15) is 4.79 Å². The minimum Gasteiger partial charge on any atom is -0.444 e. The lowest BCUT2D eigenvalue weighted by molar-refractivity contribution is 0.00819. The van der Waals surface area contributed by atoms with Crippen LogP contribution in [0, 0.1) is 11.3 Å². The molecule has 106 valence electrons. The number of carbonyl (C=O) groups excluding carboxylic acids is 1. The maximum absolute atomic E-state index is 11.8. The molecule has 1 aliphatic rings. The standard InChI is InChI=1S/C15H17BrN2O2/c1-15(2,3)20-14(19)18-8-12(9-18)11-4-10(7-17)5-13(16)6-11/h4-6,12H,8-9H2,1-3H3. The Bertz CT molecular complexity index is 566. The first-order valence-corrected chi connectivity index (χ1v) is 7.26. The Balaban J connectivity index is 1.99. The van der Waals surface area contributed by atoms with E-state index >= 15 is 0 Å². The van der Waals surface area contributed by atoms with Gasteiger partial charge in [0.2, 0.25) is 0 Å². The first-order valence-electron chi connectivity index (χ1n) is 6.47. The van der Waals surface area contributed by atoms with Gasteiger partial charge in [-0.2, -0.15) is 5.26 Å². The lowest BCUT2D eigenvalue weighted by Crippen LogP contribution is -2.50. The molecule has 1 aliphatic heterocycles. The quantitative estimate of drug-likeness (QED) is 0.786. The van der Waals surface area contributed by atoms with Gasteiger partial charge in [0.1, 0.15) is 5.60 Å². The van der Waals surface area contributed by atoms with Crippen molar-refractivity contribution in [1.82, 2.24) is 4.90 Å². The molecule has 5 heteroatoms. The summed E-state index contributed by atoms with van der Waals surface area (Å²) in [5.41, 5.74) is 1.24. The number of nitriles is 1. The topological polar surface area (TPSA) is 53.3 Å². The van der Waals surface area contributed by atoms with E-state index in [1.807, 2.05) is 32.9 Å². The Morgan fingerprint density at radius 3 is 2.60 bits per heavy atom. The average Bonchev–Trinajstić information content (AvgIpc) is 2.23. The van der Waals surface area contributed by atoms with E-state index in [0.29, 0.717) is 18.7 Å². The van der Waals surface area contributed by atoms with Crippen LogP contribution in [0.1, 0.15) is 37.8 Å². The second-order valence-corrected chi connectivity index (χ2v) is 6.88. The number of halogens is 1. The van der Waals surface area contributed by atoms with Crippen LogP contribution in [0.3, 0.4) is 0 Å². The second kappa shape index (κ2) is 5.45. The van der Waals surface area contributed by atoms with E-state index in [4.69, 9.17) is 10.00 Å². The Morgan fingerprint density at radius 2 is 2.05 bits per heavy atom. The second-order valence-electron chi connectivity index (χ2n) is 5.97. The van der Waals surface area contributed by atoms with Gasteiger partial charge in [0.15, 0.2) is 0 Å². The fraction of sp³-hybridized carbons (Fsp3) is 0.467. The van der Waals surface area contributed by atoms with Crippen molar-refractivity contribution in [1.29, 1.82) is 5.26 Å². The van der Waals surface area contributed by atoms with Gasteiger partial charge >= 0.3 is 6.09 Å². The lowest BCUT2D eigenvalue weighted by atomic mass is 9.91. The number of likely N-dealkylation sites (tertiary alicyclic amines) is 1. The molecule has 0 N–H and O–H groups in total. The van der Waals surface area contributed by atoms with Gasteiger partial charge in [-0.3, -0.25) is 0 Å². The van der Waals surface area contributed by atoms with Gasteiger partial charge in [0, 0.05) is 23.5 Å². The molecule has 20 heavy (non-hydrogen) atoms. The molecule has 1 aromatic rings. The van der Waals surface area contributed by atoms with E-state index in [-0.39, 0.29) is 12.0 Å². The van der Waals surface area contributed by atoms with Crippen molar-refractivity contribution < 1.29 is 9.53 Å². The molecule has 0 aromatic heterocycles. The summed E-state index contributed by atoms with van der Waals surface area (Å²) in [6.45, 7) is 6.84. The number of hydrogen-bond donors (Lipinski definition) is 0. The largest absolute Gasteiger partial charge is 0.444 e. The van der Waals surface area contributed by atoms with Gasteiger partial charge in [-0.15, -0.1) is 0 Å². The predicted octanol–water partition coefficient (Wildman–Crippen LogP) is 3.66. The summed E-state index contributed by atoms with van der Waals surface area (Å²) in [4.78, 5) is 13.5. The summed E-state index contributed by atoms with van der Waals surface area (Å²) in [7, 11) is 0. The summed E-state index contributed by atoms with van der Waals surface area (Å²) in [5.74, 6) is 0.270. The van der Waals surface area contributed by atoms with Gasteiger partial charge in [-0.1, -0.05) is 15.9 Å². The van der Waals surface area contributed by atoms with Crippen molar-refractivity contribution in [3.63, 3.8) is 0 Å². The Kier molecular flexibility index (Phi) is 4.05. The van der Waals surface area contributed by atoms with Gasteiger partial charge in [-0.25, -0.2) is 4.79 Å². The van der Waals surface area contributed by atoms with Gasteiger partial charge in [-0.05, 0) is 44.5 Å². The Morgan fingerprint density at radius 1 is 1.40 bits per heavy atom. The first kappa shape index (κ1) is 14.9. The number of nitrogens with zero attached hydrogens (tertiary/aromatic N) is 2. The Labute approximate surface area is 127 Å². The molecular weight excluding hydrogens is 320 g/mol. The van der Waals surface area contributed by atoms with Crippen LogP contribution < -0.4 is 0 Å². The zero-order valence-corrected chi connectivity index (χ0v) is 13.4.